The molecule has 0 amide bonds. The van der Waals surface area contributed by atoms with Crippen molar-refractivity contribution >= 4 is 32.5 Å². The summed E-state index contributed by atoms with van der Waals surface area (Å²) in [4.78, 5) is 3.32. The number of nitrogens with two attached hydrogens (primary N) is 1. The molecular weight excluding hydrogens is 396 g/mol. The van der Waals surface area contributed by atoms with E-state index in [0.717, 1.165) is 21.1 Å². The van der Waals surface area contributed by atoms with Crippen molar-refractivity contribution in [3.05, 3.63) is 63.3 Å². The number of aromatic nitrogens is 1. The molecule has 0 spiro atoms. The molecule has 0 fully saturated rings. The van der Waals surface area contributed by atoms with Crippen LogP contribution in [0.2, 0.25) is 0 Å². The van der Waals surface area contributed by atoms with Gasteiger partial charge in [0.2, 0.25) is 0 Å². The number of rotatable bonds is 0. The average molecular weight is 423 g/mol. The van der Waals surface area contributed by atoms with Crippen LogP contribution < -0.4 is 5.73 Å². The summed E-state index contributed by atoms with van der Waals surface area (Å²) in [6, 6.07) is 10.7. The van der Waals surface area contributed by atoms with Crippen molar-refractivity contribution in [3.8, 4) is 11.8 Å². The van der Waals surface area contributed by atoms with Gasteiger partial charge in [-0.2, -0.15) is 0 Å². The lowest BCUT2D eigenvalue weighted by atomic mass is 9.85. The average Bonchev–Trinajstić information content (AvgIpc) is 3.02. The number of fused-ring (bicyclic) bond motifs is 1. The van der Waals surface area contributed by atoms with Crippen LogP contribution in [0.5, 0.6) is 0 Å². The zero-order valence-corrected chi connectivity index (χ0v) is 18.5. The maximum atomic E-state index is 6.29. The van der Waals surface area contributed by atoms with Gasteiger partial charge in [0.15, 0.2) is 0 Å². The molecule has 0 aliphatic heterocycles. The highest BCUT2D eigenvalue weighted by Crippen LogP contribution is 2.32. The van der Waals surface area contributed by atoms with E-state index in [-0.39, 0.29) is 10.8 Å². The van der Waals surface area contributed by atoms with E-state index in [1.165, 1.54) is 16.5 Å². The molecule has 0 unspecified atom stereocenters. The second-order valence-electron chi connectivity index (χ2n) is 9.14. The van der Waals surface area contributed by atoms with Gasteiger partial charge in [-0.05, 0) is 68.2 Å². The number of hydrogen-bond acceptors (Lipinski definition) is 1. The molecule has 0 bridgehead atoms. The highest BCUT2D eigenvalue weighted by molar-refractivity contribution is 9.10. The van der Waals surface area contributed by atoms with Gasteiger partial charge in [-0.3, -0.25) is 0 Å². The molecule has 1 aromatic heterocycles. The van der Waals surface area contributed by atoms with Crippen LogP contribution in [-0.4, -0.2) is 4.98 Å². The Kier molecular flexibility index (Phi) is 4.91. The summed E-state index contributed by atoms with van der Waals surface area (Å²) < 4.78 is 0.896. The molecule has 3 N–H and O–H groups in total. The standard InChI is InChI=1S/C24H27BrN2/c1-23(2,3)18-12-16(22-17(13-18)9-10-27-22)8-7-15-11-19(24(4,5)6)14-20(25)21(15)26/h9-14,27H,26H2,1-6H3. The van der Waals surface area contributed by atoms with E-state index in [9.17, 15) is 0 Å². The van der Waals surface area contributed by atoms with Crippen LogP contribution in [0.4, 0.5) is 5.69 Å². The van der Waals surface area contributed by atoms with Gasteiger partial charge in [-0.15, -0.1) is 0 Å². The third-order valence-electron chi connectivity index (χ3n) is 4.85. The highest BCUT2D eigenvalue weighted by Gasteiger charge is 2.18. The van der Waals surface area contributed by atoms with E-state index in [1.54, 1.807) is 0 Å². The maximum absolute atomic E-state index is 6.29. The lowest BCUT2D eigenvalue weighted by molar-refractivity contribution is 0.589. The molecule has 0 atom stereocenters. The molecule has 0 aliphatic carbocycles. The van der Waals surface area contributed by atoms with Crippen molar-refractivity contribution in [2.24, 2.45) is 0 Å². The summed E-state index contributed by atoms with van der Waals surface area (Å²) in [5, 5.41) is 1.18. The van der Waals surface area contributed by atoms with Gasteiger partial charge in [-0.1, -0.05) is 53.4 Å². The van der Waals surface area contributed by atoms with Crippen LogP contribution in [-0.2, 0) is 10.8 Å². The van der Waals surface area contributed by atoms with Crippen molar-refractivity contribution in [2.75, 3.05) is 5.73 Å². The minimum atomic E-state index is 0.0333. The highest BCUT2D eigenvalue weighted by atomic mass is 79.9. The van der Waals surface area contributed by atoms with Gasteiger partial charge in [0, 0.05) is 27.2 Å². The van der Waals surface area contributed by atoms with E-state index in [0.29, 0.717) is 5.69 Å². The van der Waals surface area contributed by atoms with Crippen LogP contribution in [0.3, 0.4) is 0 Å². The first-order valence-electron chi connectivity index (χ1n) is 9.20. The Hall–Kier alpha value is -2.18. The van der Waals surface area contributed by atoms with Gasteiger partial charge in [0.1, 0.15) is 0 Å². The van der Waals surface area contributed by atoms with Gasteiger partial charge in [0.25, 0.3) is 0 Å². The predicted octanol–water partition coefficient (Wildman–Crippen LogP) is 6.51. The van der Waals surface area contributed by atoms with Gasteiger partial charge < -0.3 is 10.7 Å². The Morgan fingerprint density at radius 1 is 0.852 bits per heavy atom. The number of anilines is 1. The minimum absolute atomic E-state index is 0.0333. The molecule has 0 aliphatic rings. The molecule has 0 saturated heterocycles. The second kappa shape index (κ2) is 6.77. The third kappa shape index (κ3) is 4.06. The molecule has 3 rings (SSSR count). The van der Waals surface area contributed by atoms with E-state index >= 15 is 0 Å². The Bertz CT molecular complexity index is 1060. The molecule has 1 heterocycles. The number of nitrogens with one attached hydrogen (secondary N) is 1. The number of H-pyrrole nitrogens is 1. The van der Waals surface area contributed by atoms with Crippen LogP contribution >= 0.6 is 15.9 Å². The maximum Gasteiger partial charge on any atom is 0.0617 e. The molecule has 3 aromatic rings. The second-order valence-corrected chi connectivity index (χ2v) is 9.99. The van der Waals surface area contributed by atoms with E-state index in [2.05, 4.69) is 105 Å². The third-order valence-corrected chi connectivity index (χ3v) is 5.51. The molecule has 3 heteroatoms. The Labute approximate surface area is 170 Å². The van der Waals surface area contributed by atoms with Gasteiger partial charge in [0.05, 0.1) is 11.2 Å². The van der Waals surface area contributed by atoms with Crippen LogP contribution in [0, 0.1) is 11.8 Å². The first kappa shape index (κ1) is 19.6. The number of aromatic amines is 1. The van der Waals surface area contributed by atoms with Crippen LogP contribution in [0.15, 0.2) is 41.0 Å². The van der Waals surface area contributed by atoms with Crippen LogP contribution in [0.1, 0.15) is 63.8 Å². The van der Waals surface area contributed by atoms with Crippen molar-refractivity contribution in [1.29, 1.82) is 0 Å². The molecular formula is C24H27BrN2. The lowest BCUT2D eigenvalue weighted by Crippen LogP contribution is -2.12. The summed E-state index contributed by atoms with van der Waals surface area (Å²) in [5.74, 6) is 6.69. The molecule has 140 valence electrons. The Morgan fingerprint density at radius 3 is 2.04 bits per heavy atom. The van der Waals surface area contributed by atoms with Crippen molar-refractivity contribution in [1.82, 2.24) is 4.98 Å². The molecule has 27 heavy (non-hydrogen) atoms. The topological polar surface area (TPSA) is 41.8 Å². The summed E-state index contributed by atoms with van der Waals surface area (Å²) in [6.45, 7) is 13.2. The summed E-state index contributed by atoms with van der Waals surface area (Å²) in [5.41, 5.74) is 12.5. The monoisotopic (exact) mass is 422 g/mol. The molecule has 2 aromatic carbocycles. The number of hydrogen-bond donors (Lipinski definition) is 2. The molecule has 2 nitrogen and oxygen atoms in total. The SMILES string of the molecule is CC(C)(C)c1cc(Br)c(N)c(C#Cc2cc(C(C)(C)C)cc3cc[nH]c23)c1. The van der Waals surface area contributed by atoms with Gasteiger partial charge in [-0.25, -0.2) is 0 Å². The number of halogens is 1. The van der Waals surface area contributed by atoms with E-state index < -0.39 is 0 Å². The number of nitrogen functional groups attached to an aromatic ring is 1. The normalized spacial score (nSPS) is 12.1. The molecule has 0 saturated carbocycles. The van der Waals surface area contributed by atoms with Crippen molar-refractivity contribution in [2.45, 2.75) is 52.4 Å². The first-order valence-corrected chi connectivity index (χ1v) is 9.99. The zero-order valence-electron chi connectivity index (χ0n) is 16.9. The summed E-state index contributed by atoms with van der Waals surface area (Å²) in [6.07, 6.45) is 1.97. The quantitative estimate of drug-likeness (QED) is 0.314. The van der Waals surface area contributed by atoms with Crippen molar-refractivity contribution < 1.29 is 0 Å². The smallest absolute Gasteiger partial charge is 0.0617 e. The Balaban J connectivity index is 2.17. The lowest BCUT2D eigenvalue weighted by Gasteiger charge is -2.20. The molecule has 0 radical (unpaired) electrons. The Morgan fingerprint density at radius 2 is 1.41 bits per heavy atom. The fourth-order valence-corrected chi connectivity index (χ4v) is 3.45. The fourth-order valence-electron chi connectivity index (χ4n) is 2.99. The predicted molar refractivity (Wildman–Crippen MR) is 120 cm³/mol. The largest absolute Gasteiger partial charge is 0.397 e. The van der Waals surface area contributed by atoms with Gasteiger partial charge >= 0.3 is 0 Å². The van der Waals surface area contributed by atoms with Crippen molar-refractivity contribution in [3.63, 3.8) is 0 Å². The number of benzene rings is 2. The van der Waals surface area contributed by atoms with Crippen LogP contribution in [0.25, 0.3) is 10.9 Å². The summed E-state index contributed by atoms with van der Waals surface area (Å²) >= 11 is 3.59. The fraction of sp³-hybridized carbons (Fsp3) is 0.333. The first-order chi connectivity index (χ1) is 12.5. The minimum Gasteiger partial charge on any atom is -0.397 e. The van der Waals surface area contributed by atoms with E-state index in [1.807, 2.05) is 6.20 Å². The zero-order chi connectivity index (χ0) is 20.0. The van der Waals surface area contributed by atoms with E-state index in [4.69, 9.17) is 5.73 Å². The summed E-state index contributed by atoms with van der Waals surface area (Å²) in [7, 11) is 0.